The Morgan fingerprint density at radius 1 is 1.06 bits per heavy atom. The number of sulfone groups is 1. The van der Waals surface area contributed by atoms with Gasteiger partial charge in [-0.25, -0.2) is 21.6 Å². The molecule has 0 saturated heterocycles. The van der Waals surface area contributed by atoms with Crippen LogP contribution < -0.4 is 5.32 Å². The van der Waals surface area contributed by atoms with Gasteiger partial charge in [-0.1, -0.05) is 32.0 Å². The van der Waals surface area contributed by atoms with Crippen molar-refractivity contribution >= 4 is 15.7 Å². The molecule has 0 aliphatic rings. The minimum atomic E-state index is -4.46. The molecule has 2 aromatic carbocycles. The van der Waals surface area contributed by atoms with Gasteiger partial charge < -0.3 is 10.4 Å². The Bertz CT molecular complexity index is 1240. The number of aliphatic hydroxyl groups excluding tert-OH is 1. The second-order valence-electron chi connectivity index (χ2n) is 6.59. The average molecular weight is 481 g/mol. The largest absolute Gasteiger partial charge is 0.376 e. The van der Waals surface area contributed by atoms with E-state index in [1.165, 1.54) is 37.3 Å². The third kappa shape index (κ3) is 5.40. The van der Waals surface area contributed by atoms with E-state index in [0.29, 0.717) is 12.1 Å². The van der Waals surface area contributed by atoms with Gasteiger partial charge >= 0.3 is 0 Å². The van der Waals surface area contributed by atoms with Gasteiger partial charge in [-0.15, -0.1) is 0 Å². The van der Waals surface area contributed by atoms with Crippen LogP contribution >= 0.6 is 0 Å². The number of aryl methyl sites for hydroxylation is 1. The number of aliphatic hydroxyl groups is 1. The van der Waals surface area contributed by atoms with Crippen molar-refractivity contribution in [2.75, 3.05) is 6.73 Å². The van der Waals surface area contributed by atoms with Gasteiger partial charge in [0.1, 0.15) is 23.5 Å². The predicted octanol–water partition coefficient (Wildman–Crippen LogP) is 4.08. The quantitative estimate of drug-likeness (QED) is 0.410. The second kappa shape index (κ2) is 11.1. The van der Waals surface area contributed by atoms with Crippen LogP contribution in [-0.2, 0) is 9.84 Å². The minimum Gasteiger partial charge on any atom is -0.376 e. The summed E-state index contributed by atoms with van der Waals surface area (Å²) < 4.78 is 70.2. The summed E-state index contributed by atoms with van der Waals surface area (Å²) in [7, 11) is -4.46. The van der Waals surface area contributed by atoms with E-state index >= 15 is 0 Å². The summed E-state index contributed by atoms with van der Waals surface area (Å²) in [5, 5.41) is 8.97. The molecule has 176 valence electrons. The van der Waals surface area contributed by atoms with Gasteiger partial charge in [0.2, 0.25) is 0 Å². The monoisotopic (exact) mass is 480 g/mol. The van der Waals surface area contributed by atoms with Gasteiger partial charge in [0.05, 0.1) is 4.90 Å². The van der Waals surface area contributed by atoms with Gasteiger partial charge in [0.25, 0.3) is 5.91 Å². The molecule has 0 radical (unpaired) electrons. The van der Waals surface area contributed by atoms with Crippen molar-refractivity contribution < 1.29 is 31.5 Å². The summed E-state index contributed by atoms with van der Waals surface area (Å²) in [6, 6.07) is 9.38. The Morgan fingerprint density at radius 3 is 2.24 bits per heavy atom. The molecule has 0 bridgehead atoms. The van der Waals surface area contributed by atoms with E-state index in [1.807, 2.05) is 13.8 Å². The van der Waals surface area contributed by atoms with Crippen LogP contribution in [0, 0.1) is 24.4 Å². The SMILES string of the molecule is CC.Cc1cc(C(=O)NCO)ncc1C(c1c(F)ccc(F)c1F)S(=O)(=O)c1ccccc1. The maximum Gasteiger partial charge on any atom is 0.271 e. The van der Waals surface area contributed by atoms with Crippen LogP contribution in [-0.4, -0.2) is 31.1 Å². The first-order valence-corrected chi connectivity index (χ1v) is 11.5. The van der Waals surface area contributed by atoms with Crippen molar-refractivity contribution in [3.8, 4) is 0 Å². The molecule has 1 amide bonds. The lowest BCUT2D eigenvalue weighted by atomic mass is 10.00. The number of aromatic nitrogens is 1. The van der Waals surface area contributed by atoms with E-state index in [9.17, 15) is 26.4 Å². The first-order valence-electron chi connectivity index (χ1n) is 9.96. The van der Waals surface area contributed by atoms with Crippen LogP contribution in [0.15, 0.2) is 59.6 Å². The molecule has 6 nitrogen and oxygen atoms in total. The average Bonchev–Trinajstić information content (AvgIpc) is 2.81. The molecule has 33 heavy (non-hydrogen) atoms. The molecule has 0 fully saturated rings. The number of carbonyl (C=O) groups is 1. The molecule has 1 heterocycles. The predicted molar refractivity (Wildman–Crippen MR) is 117 cm³/mol. The molecule has 0 aliphatic carbocycles. The number of hydrogen-bond acceptors (Lipinski definition) is 5. The fourth-order valence-electron chi connectivity index (χ4n) is 3.13. The van der Waals surface area contributed by atoms with Gasteiger partial charge in [-0.3, -0.25) is 9.78 Å². The molecule has 1 aromatic heterocycles. The highest BCUT2D eigenvalue weighted by molar-refractivity contribution is 7.92. The zero-order valence-corrected chi connectivity index (χ0v) is 19.0. The molecule has 3 rings (SSSR count). The zero-order valence-electron chi connectivity index (χ0n) is 18.1. The molecule has 10 heteroatoms. The number of nitrogens with one attached hydrogen (secondary N) is 1. The van der Waals surface area contributed by atoms with Crippen molar-refractivity contribution in [1.82, 2.24) is 10.3 Å². The van der Waals surface area contributed by atoms with E-state index in [2.05, 4.69) is 10.3 Å². The third-order valence-electron chi connectivity index (χ3n) is 4.63. The number of amides is 1. The molecule has 0 aliphatic heterocycles. The molecule has 3 aromatic rings. The molecule has 1 unspecified atom stereocenters. The normalized spacial score (nSPS) is 11.8. The smallest absolute Gasteiger partial charge is 0.271 e. The number of nitrogens with zero attached hydrogens (tertiary/aromatic N) is 1. The summed E-state index contributed by atoms with van der Waals surface area (Å²) >= 11 is 0. The lowest BCUT2D eigenvalue weighted by Crippen LogP contribution is -2.26. The third-order valence-corrected chi connectivity index (χ3v) is 6.67. The molecule has 0 saturated carbocycles. The Labute approximate surface area is 190 Å². The Kier molecular flexibility index (Phi) is 8.72. The minimum absolute atomic E-state index is 0.132. The van der Waals surface area contributed by atoms with Crippen LogP contribution in [0.2, 0.25) is 0 Å². The number of hydrogen-bond donors (Lipinski definition) is 2. The summed E-state index contributed by atoms with van der Waals surface area (Å²) in [5.41, 5.74) is -1.09. The molecule has 0 spiro atoms. The van der Waals surface area contributed by atoms with Crippen LogP contribution in [0.3, 0.4) is 0 Å². The maximum atomic E-state index is 14.7. The maximum absolute atomic E-state index is 14.7. The molecular weight excluding hydrogens is 457 g/mol. The van der Waals surface area contributed by atoms with Crippen molar-refractivity contribution in [2.24, 2.45) is 0 Å². The standard InChI is InChI=1S/C21H17F3N2O4S.C2H6/c1-12-9-17(21(28)26-11-27)25-10-14(12)20(18-15(22)7-8-16(23)19(18)24)31(29,30)13-5-3-2-4-6-13;1-2/h2-10,20,27H,11H2,1H3,(H,26,28);1-2H3. The van der Waals surface area contributed by atoms with E-state index in [-0.39, 0.29) is 21.7 Å². The highest BCUT2D eigenvalue weighted by Crippen LogP contribution is 2.39. The fraction of sp³-hybridized carbons (Fsp3) is 0.217. The fourth-order valence-corrected chi connectivity index (χ4v) is 5.05. The lowest BCUT2D eigenvalue weighted by Gasteiger charge is -2.22. The Balaban J connectivity index is 0.00000187. The number of carbonyl (C=O) groups excluding carboxylic acids is 1. The van der Waals surface area contributed by atoms with Crippen molar-refractivity contribution in [3.63, 3.8) is 0 Å². The van der Waals surface area contributed by atoms with Crippen LogP contribution in [0.1, 0.15) is 46.3 Å². The Morgan fingerprint density at radius 2 is 1.67 bits per heavy atom. The number of pyridine rings is 1. The highest BCUT2D eigenvalue weighted by atomic mass is 32.2. The number of rotatable bonds is 6. The first-order chi connectivity index (χ1) is 15.7. The summed E-state index contributed by atoms with van der Waals surface area (Å²) in [4.78, 5) is 15.5. The Hall–Kier alpha value is -3.24. The van der Waals surface area contributed by atoms with Crippen LogP contribution in [0.4, 0.5) is 13.2 Å². The van der Waals surface area contributed by atoms with E-state index in [1.54, 1.807) is 6.07 Å². The highest BCUT2D eigenvalue weighted by Gasteiger charge is 2.37. The van der Waals surface area contributed by atoms with Crippen LogP contribution in [0.5, 0.6) is 0 Å². The van der Waals surface area contributed by atoms with Gasteiger partial charge in [-0.2, -0.15) is 0 Å². The van der Waals surface area contributed by atoms with E-state index in [4.69, 9.17) is 5.11 Å². The lowest BCUT2D eigenvalue weighted by molar-refractivity contribution is 0.0905. The molecule has 2 N–H and O–H groups in total. The zero-order chi connectivity index (χ0) is 24.8. The first kappa shape index (κ1) is 26.0. The number of benzene rings is 2. The van der Waals surface area contributed by atoms with Gasteiger partial charge in [0, 0.05) is 11.8 Å². The summed E-state index contributed by atoms with van der Waals surface area (Å²) in [6.45, 7) is 4.78. The summed E-state index contributed by atoms with van der Waals surface area (Å²) in [5.74, 6) is -5.02. The van der Waals surface area contributed by atoms with E-state index in [0.717, 1.165) is 6.20 Å². The summed E-state index contributed by atoms with van der Waals surface area (Å²) in [6.07, 6.45) is 0.997. The van der Waals surface area contributed by atoms with Crippen molar-refractivity contribution in [1.29, 1.82) is 0 Å². The second-order valence-corrected chi connectivity index (χ2v) is 8.62. The topological polar surface area (TPSA) is 96.4 Å². The van der Waals surface area contributed by atoms with Crippen molar-refractivity contribution in [3.05, 3.63) is 94.6 Å². The molecular formula is C23H23F3N2O4S. The van der Waals surface area contributed by atoms with E-state index < -0.39 is 50.7 Å². The molecule has 1 atom stereocenters. The van der Waals surface area contributed by atoms with Crippen molar-refractivity contribution in [2.45, 2.75) is 30.9 Å². The van der Waals surface area contributed by atoms with Crippen LogP contribution in [0.25, 0.3) is 0 Å². The van der Waals surface area contributed by atoms with Gasteiger partial charge in [0.15, 0.2) is 21.5 Å². The van der Waals surface area contributed by atoms with Gasteiger partial charge in [-0.05, 0) is 48.4 Å². The number of halogens is 3.